The molecular weight excluding hydrogens is 338 g/mol. The van der Waals surface area contributed by atoms with E-state index in [1.807, 2.05) is 71.5 Å². The van der Waals surface area contributed by atoms with Crippen molar-refractivity contribution in [2.24, 2.45) is 5.92 Å². The summed E-state index contributed by atoms with van der Waals surface area (Å²) < 4.78 is 7.22. The Bertz CT molecular complexity index is 884. The first-order chi connectivity index (χ1) is 13.3. The van der Waals surface area contributed by atoms with Crippen molar-refractivity contribution in [1.29, 1.82) is 0 Å². The maximum atomic E-state index is 12.5. The lowest BCUT2D eigenvalue weighted by Gasteiger charge is -2.21. The Balaban J connectivity index is 1.58. The zero-order valence-corrected chi connectivity index (χ0v) is 15.2. The minimum Gasteiger partial charge on any atom is -0.381 e. The van der Waals surface area contributed by atoms with Crippen molar-refractivity contribution in [3.05, 3.63) is 72.4 Å². The number of amides is 1. The number of nitrogens with one attached hydrogen (secondary N) is 1. The van der Waals surface area contributed by atoms with Crippen LogP contribution in [-0.4, -0.2) is 28.9 Å². The van der Waals surface area contributed by atoms with Crippen molar-refractivity contribution in [2.75, 3.05) is 13.2 Å². The van der Waals surface area contributed by atoms with E-state index in [1.165, 1.54) is 0 Å². The van der Waals surface area contributed by atoms with Crippen LogP contribution in [0.5, 0.6) is 0 Å². The first-order valence-electron chi connectivity index (χ1n) is 9.36. The lowest BCUT2D eigenvalue weighted by atomic mass is 9.99. The summed E-state index contributed by atoms with van der Waals surface area (Å²) in [6.45, 7) is 1.80. The van der Waals surface area contributed by atoms with Gasteiger partial charge in [0.15, 0.2) is 0 Å². The van der Waals surface area contributed by atoms with E-state index >= 15 is 0 Å². The van der Waals surface area contributed by atoms with Crippen LogP contribution in [0.15, 0.2) is 66.9 Å². The van der Waals surface area contributed by atoms with Crippen LogP contribution in [0.1, 0.15) is 18.4 Å². The summed E-state index contributed by atoms with van der Waals surface area (Å²) in [6.07, 6.45) is 3.59. The highest BCUT2D eigenvalue weighted by Crippen LogP contribution is 2.24. The van der Waals surface area contributed by atoms with Crippen molar-refractivity contribution in [2.45, 2.75) is 19.4 Å². The molecule has 0 unspecified atom stereocenters. The van der Waals surface area contributed by atoms with Crippen LogP contribution in [0, 0.1) is 5.92 Å². The molecule has 1 aliphatic rings. The van der Waals surface area contributed by atoms with Gasteiger partial charge in [-0.3, -0.25) is 4.79 Å². The van der Waals surface area contributed by atoms with E-state index in [0.29, 0.717) is 19.8 Å². The van der Waals surface area contributed by atoms with E-state index in [9.17, 15) is 4.79 Å². The Kier molecular flexibility index (Phi) is 5.30. The smallest absolute Gasteiger partial charge is 0.223 e. The molecule has 0 aliphatic carbocycles. The van der Waals surface area contributed by atoms with E-state index in [0.717, 1.165) is 35.3 Å². The predicted octanol–water partition coefficient (Wildman–Crippen LogP) is 3.58. The van der Waals surface area contributed by atoms with Crippen LogP contribution in [0.25, 0.3) is 16.9 Å². The summed E-state index contributed by atoms with van der Waals surface area (Å²) in [7, 11) is 0. The topological polar surface area (TPSA) is 56.2 Å². The summed E-state index contributed by atoms with van der Waals surface area (Å²) in [5, 5.41) is 7.88. The standard InChI is InChI=1S/C22H23N3O2/c26-22(18-11-13-27-14-12-18)23-15-19-16-25(20-9-5-2-6-10-20)24-21(19)17-7-3-1-4-8-17/h1-10,16,18H,11-15H2,(H,23,26). The molecule has 0 radical (unpaired) electrons. The molecule has 1 amide bonds. The van der Waals surface area contributed by atoms with Gasteiger partial charge in [0.25, 0.3) is 0 Å². The molecule has 0 saturated carbocycles. The number of rotatable bonds is 5. The quantitative estimate of drug-likeness (QED) is 0.756. The summed E-state index contributed by atoms with van der Waals surface area (Å²) in [4.78, 5) is 12.5. The Hall–Kier alpha value is -2.92. The van der Waals surface area contributed by atoms with E-state index in [-0.39, 0.29) is 11.8 Å². The normalized spacial score (nSPS) is 14.8. The molecule has 2 aromatic carbocycles. The van der Waals surface area contributed by atoms with E-state index in [2.05, 4.69) is 5.32 Å². The fourth-order valence-electron chi connectivity index (χ4n) is 3.38. The lowest BCUT2D eigenvalue weighted by Crippen LogP contribution is -2.33. The molecule has 1 fully saturated rings. The highest BCUT2D eigenvalue weighted by Gasteiger charge is 2.22. The molecule has 5 nitrogen and oxygen atoms in total. The average molecular weight is 361 g/mol. The van der Waals surface area contributed by atoms with Crippen molar-refractivity contribution in [1.82, 2.24) is 15.1 Å². The number of hydrogen-bond donors (Lipinski definition) is 1. The minimum atomic E-state index is 0.0445. The van der Waals surface area contributed by atoms with Crippen LogP contribution in [-0.2, 0) is 16.1 Å². The summed E-state index contributed by atoms with van der Waals surface area (Å²) in [5.74, 6) is 0.146. The molecule has 0 spiro atoms. The molecule has 0 bridgehead atoms. The van der Waals surface area contributed by atoms with E-state index in [1.54, 1.807) is 0 Å². The largest absolute Gasteiger partial charge is 0.381 e. The Morgan fingerprint density at radius 2 is 1.70 bits per heavy atom. The zero-order valence-electron chi connectivity index (χ0n) is 15.2. The van der Waals surface area contributed by atoms with Crippen molar-refractivity contribution < 1.29 is 9.53 Å². The number of carbonyl (C=O) groups is 1. The van der Waals surface area contributed by atoms with Gasteiger partial charge in [0.1, 0.15) is 0 Å². The molecule has 2 heterocycles. The Morgan fingerprint density at radius 3 is 2.41 bits per heavy atom. The molecule has 1 N–H and O–H groups in total. The first kappa shape index (κ1) is 17.5. The van der Waals surface area contributed by atoms with Gasteiger partial charge >= 0.3 is 0 Å². The van der Waals surface area contributed by atoms with Crippen molar-refractivity contribution >= 4 is 5.91 Å². The van der Waals surface area contributed by atoms with Gasteiger partial charge in [-0.15, -0.1) is 0 Å². The third-order valence-corrected chi connectivity index (χ3v) is 4.90. The molecule has 138 valence electrons. The predicted molar refractivity (Wildman–Crippen MR) is 104 cm³/mol. The summed E-state index contributed by atoms with van der Waals surface area (Å²) in [6, 6.07) is 20.1. The highest BCUT2D eigenvalue weighted by atomic mass is 16.5. The van der Waals surface area contributed by atoms with Crippen LogP contribution in [0.4, 0.5) is 0 Å². The fraction of sp³-hybridized carbons (Fsp3) is 0.273. The van der Waals surface area contributed by atoms with Gasteiger partial charge in [0.2, 0.25) is 5.91 Å². The number of nitrogens with zero attached hydrogens (tertiary/aromatic N) is 2. The van der Waals surface area contributed by atoms with Crippen LogP contribution in [0.3, 0.4) is 0 Å². The number of para-hydroxylation sites is 1. The first-order valence-corrected chi connectivity index (χ1v) is 9.36. The second-order valence-corrected chi connectivity index (χ2v) is 6.75. The SMILES string of the molecule is O=C(NCc1cn(-c2ccccc2)nc1-c1ccccc1)C1CCOCC1. The zero-order chi connectivity index (χ0) is 18.5. The van der Waals surface area contributed by atoms with Gasteiger partial charge in [-0.25, -0.2) is 4.68 Å². The van der Waals surface area contributed by atoms with Gasteiger partial charge in [0.05, 0.1) is 11.4 Å². The molecule has 1 aromatic heterocycles. The number of hydrogen-bond acceptors (Lipinski definition) is 3. The summed E-state index contributed by atoms with van der Waals surface area (Å²) >= 11 is 0. The molecule has 3 aromatic rings. The van der Waals surface area contributed by atoms with Gasteiger partial charge in [-0.1, -0.05) is 48.5 Å². The maximum Gasteiger partial charge on any atom is 0.223 e. The van der Waals surface area contributed by atoms with Crippen LogP contribution < -0.4 is 5.32 Å². The Labute approximate surface area is 159 Å². The molecule has 1 aliphatic heterocycles. The number of aromatic nitrogens is 2. The number of benzene rings is 2. The molecular formula is C22H23N3O2. The fourth-order valence-corrected chi connectivity index (χ4v) is 3.38. The summed E-state index contributed by atoms with van der Waals surface area (Å²) in [5.41, 5.74) is 3.94. The van der Waals surface area contributed by atoms with Gasteiger partial charge < -0.3 is 10.1 Å². The third-order valence-electron chi connectivity index (χ3n) is 4.90. The molecule has 0 atom stereocenters. The van der Waals surface area contributed by atoms with E-state index in [4.69, 9.17) is 9.84 Å². The van der Waals surface area contributed by atoms with Crippen molar-refractivity contribution in [3.63, 3.8) is 0 Å². The second kappa shape index (κ2) is 8.18. The molecule has 4 rings (SSSR count). The molecule has 1 saturated heterocycles. The second-order valence-electron chi connectivity index (χ2n) is 6.75. The van der Waals surface area contributed by atoms with Crippen LogP contribution >= 0.6 is 0 Å². The average Bonchev–Trinajstić information content (AvgIpc) is 3.18. The molecule has 27 heavy (non-hydrogen) atoms. The number of ether oxygens (including phenoxy) is 1. The van der Waals surface area contributed by atoms with Crippen LogP contribution in [0.2, 0.25) is 0 Å². The Morgan fingerprint density at radius 1 is 1.04 bits per heavy atom. The van der Waals surface area contributed by atoms with E-state index < -0.39 is 0 Å². The van der Waals surface area contributed by atoms with Gasteiger partial charge in [-0.05, 0) is 25.0 Å². The highest BCUT2D eigenvalue weighted by molar-refractivity contribution is 5.79. The monoisotopic (exact) mass is 361 g/mol. The minimum absolute atomic E-state index is 0.0445. The maximum absolute atomic E-state index is 12.5. The number of carbonyl (C=O) groups excluding carboxylic acids is 1. The van der Waals surface area contributed by atoms with Crippen molar-refractivity contribution in [3.8, 4) is 16.9 Å². The van der Waals surface area contributed by atoms with Gasteiger partial charge in [0, 0.05) is 43.0 Å². The lowest BCUT2D eigenvalue weighted by molar-refractivity contribution is -0.128. The molecule has 5 heteroatoms. The third kappa shape index (κ3) is 4.09. The van der Waals surface area contributed by atoms with Gasteiger partial charge in [-0.2, -0.15) is 5.10 Å².